The Kier molecular flexibility index (Phi) is 4.20. The number of carbonyl (C=O) groups excluding carboxylic acids is 1. The lowest BCUT2D eigenvalue weighted by molar-refractivity contribution is -0.111. The molecule has 0 aliphatic carbocycles. The Morgan fingerprint density at radius 3 is 2.45 bits per heavy atom. The van der Waals surface area contributed by atoms with E-state index < -0.39 is 23.4 Å². The van der Waals surface area contributed by atoms with E-state index in [0.717, 1.165) is 18.2 Å². The van der Waals surface area contributed by atoms with Gasteiger partial charge in [0.25, 0.3) is 0 Å². The number of hydrogen-bond donors (Lipinski definition) is 1. The summed E-state index contributed by atoms with van der Waals surface area (Å²) >= 11 is 0. The Labute approximate surface area is 113 Å². The first kappa shape index (κ1) is 13.9. The number of nitrogens with one attached hydrogen (secondary N) is 1. The van der Waals surface area contributed by atoms with E-state index in [1.165, 1.54) is 24.3 Å². The molecule has 0 spiro atoms. The zero-order valence-corrected chi connectivity index (χ0v) is 10.2. The fourth-order valence-electron chi connectivity index (χ4n) is 1.54. The van der Waals surface area contributed by atoms with Crippen molar-refractivity contribution >= 4 is 17.7 Å². The minimum Gasteiger partial charge on any atom is -0.320 e. The molecule has 102 valence electrons. The number of rotatable bonds is 3. The van der Waals surface area contributed by atoms with Crippen LogP contribution < -0.4 is 5.32 Å². The van der Waals surface area contributed by atoms with Crippen molar-refractivity contribution in [1.82, 2.24) is 0 Å². The molecule has 2 aromatic rings. The number of halogens is 3. The Morgan fingerprint density at radius 2 is 1.75 bits per heavy atom. The molecule has 0 aliphatic rings. The normalized spacial score (nSPS) is 10.8. The second kappa shape index (κ2) is 6.06. The molecule has 0 heterocycles. The minimum atomic E-state index is -0.877. The highest BCUT2D eigenvalue weighted by Crippen LogP contribution is 2.15. The van der Waals surface area contributed by atoms with E-state index >= 15 is 0 Å². The van der Waals surface area contributed by atoms with Gasteiger partial charge in [-0.25, -0.2) is 13.2 Å². The predicted molar refractivity (Wildman–Crippen MR) is 70.4 cm³/mol. The van der Waals surface area contributed by atoms with Crippen LogP contribution in [-0.2, 0) is 4.79 Å². The lowest BCUT2D eigenvalue weighted by Crippen LogP contribution is -2.09. The molecule has 0 aliphatic heterocycles. The van der Waals surface area contributed by atoms with Gasteiger partial charge in [-0.1, -0.05) is 18.2 Å². The van der Waals surface area contributed by atoms with Crippen molar-refractivity contribution in [3.63, 3.8) is 0 Å². The average Bonchev–Trinajstić information content (AvgIpc) is 2.41. The van der Waals surface area contributed by atoms with Gasteiger partial charge in [-0.2, -0.15) is 0 Å². The third kappa shape index (κ3) is 3.47. The quantitative estimate of drug-likeness (QED) is 0.850. The van der Waals surface area contributed by atoms with Crippen molar-refractivity contribution in [2.75, 3.05) is 5.32 Å². The average molecular weight is 277 g/mol. The fraction of sp³-hybridized carbons (Fsp3) is 0. The molecule has 2 nitrogen and oxygen atoms in total. The number of benzene rings is 2. The van der Waals surface area contributed by atoms with Crippen molar-refractivity contribution in [2.45, 2.75) is 0 Å². The molecule has 2 rings (SSSR count). The van der Waals surface area contributed by atoms with Crippen LogP contribution in [0.3, 0.4) is 0 Å². The topological polar surface area (TPSA) is 29.1 Å². The van der Waals surface area contributed by atoms with E-state index in [1.807, 2.05) is 0 Å². The fourth-order valence-corrected chi connectivity index (χ4v) is 1.54. The molecule has 20 heavy (non-hydrogen) atoms. The van der Waals surface area contributed by atoms with Gasteiger partial charge in [-0.05, 0) is 24.3 Å². The standard InChI is InChI=1S/C15H10F3NO/c16-11-6-7-14(13(18)9-11)19-15(20)8-5-10-3-1-2-4-12(10)17/h1-9H,(H,19,20)/b8-5+. The van der Waals surface area contributed by atoms with Crippen LogP contribution in [0.4, 0.5) is 18.9 Å². The number of hydrogen-bond acceptors (Lipinski definition) is 1. The first-order valence-corrected chi connectivity index (χ1v) is 5.75. The second-order valence-electron chi connectivity index (χ2n) is 3.97. The molecule has 2 aromatic carbocycles. The van der Waals surface area contributed by atoms with Crippen molar-refractivity contribution in [1.29, 1.82) is 0 Å². The lowest BCUT2D eigenvalue weighted by Gasteiger charge is -2.03. The SMILES string of the molecule is O=C(/C=C/c1ccccc1F)Nc1ccc(F)cc1F. The molecule has 1 N–H and O–H groups in total. The van der Waals surface area contributed by atoms with E-state index in [2.05, 4.69) is 5.32 Å². The first-order chi connectivity index (χ1) is 9.56. The molecule has 5 heteroatoms. The third-order valence-corrected chi connectivity index (χ3v) is 2.51. The summed E-state index contributed by atoms with van der Waals surface area (Å²) in [5, 5.41) is 2.24. The summed E-state index contributed by atoms with van der Waals surface area (Å²) in [6.07, 6.45) is 2.34. The summed E-state index contributed by atoms with van der Waals surface area (Å²) in [5.41, 5.74) is 0.0943. The van der Waals surface area contributed by atoms with Crippen LogP contribution in [0.25, 0.3) is 6.08 Å². The van der Waals surface area contributed by atoms with Gasteiger partial charge in [0, 0.05) is 17.7 Å². The molecule has 0 saturated carbocycles. The van der Waals surface area contributed by atoms with Crippen LogP contribution in [0.5, 0.6) is 0 Å². The van der Waals surface area contributed by atoms with Crippen LogP contribution >= 0.6 is 0 Å². The van der Waals surface area contributed by atoms with Crippen molar-refractivity contribution in [3.8, 4) is 0 Å². The van der Waals surface area contributed by atoms with Crippen molar-refractivity contribution < 1.29 is 18.0 Å². The summed E-state index contributed by atoms with van der Waals surface area (Å²) in [4.78, 5) is 11.6. The summed E-state index contributed by atoms with van der Waals surface area (Å²) < 4.78 is 39.3. The van der Waals surface area contributed by atoms with E-state index in [-0.39, 0.29) is 11.3 Å². The molecular formula is C15H10F3NO. The van der Waals surface area contributed by atoms with Crippen LogP contribution in [-0.4, -0.2) is 5.91 Å². The zero-order chi connectivity index (χ0) is 14.5. The van der Waals surface area contributed by atoms with Crippen LogP contribution in [0.2, 0.25) is 0 Å². The third-order valence-electron chi connectivity index (χ3n) is 2.51. The maximum Gasteiger partial charge on any atom is 0.248 e. The Bertz CT molecular complexity index is 668. The largest absolute Gasteiger partial charge is 0.320 e. The van der Waals surface area contributed by atoms with Gasteiger partial charge in [0.2, 0.25) is 5.91 Å². The Hall–Kier alpha value is -2.56. The Balaban J connectivity index is 2.08. The van der Waals surface area contributed by atoms with E-state index in [4.69, 9.17) is 0 Å². The molecule has 0 bridgehead atoms. The molecule has 0 saturated heterocycles. The van der Waals surface area contributed by atoms with Crippen LogP contribution in [0.1, 0.15) is 5.56 Å². The zero-order valence-electron chi connectivity index (χ0n) is 10.2. The summed E-state index contributed by atoms with van der Waals surface area (Å²) in [6.45, 7) is 0. The first-order valence-electron chi connectivity index (χ1n) is 5.75. The van der Waals surface area contributed by atoms with Gasteiger partial charge < -0.3 is 5.32 Å². The number of carbonyl (C=O) groups is 1. The Morgan fingerprint density at radius 1 is 1.00 bits per heavy atom. The van der Waals surface area contributed by atoms with Gasteiger partial charge in [0.05, 0.1) is 5.69 Å². The summed E-state index contributed by atoms with van der Waals surface area (Å²) in [6, 6.07) is 8.71. The van der Waals surface area contributed by atoms with Crippen LogP contribution in [0.15, 0.2) is 48.5 Å². The second-order valence-corrected chi connectivity index (χ2v) is 3.97. The highest BCUT2D eigenvalue weighted by Gasteiger charge is 2.06. The van der Waals surface area contributed by atoms with Gasteiger partial charge in [-0.15, -0.1) is 0 Å². The van der Waals surface area contributed by atoms with Crippen molar-refractivity contribution in [2.24, 2.45) is 0 Å². The number of amides is 1. The molecule has 0 aromatic heterocycles. The highest BCUT2D eigenvalue weighted by atomic mass is 19.1. The van der Waals surface area contributed by atoms with Gasteiger partial charge in [-0.3, -0.25) is 4.79 Å². The molecule has 1 amide bonds. The van der Waals surface area contributed by atoms with Gasteiger partial charge in [0.1, 0.15) is 17.5 Å². The molecule has 0 fully saturated rings. The molecule has 0 atom stereocenters. The highest BCUT2D eigenvalue weighted by molar-refractivity contribution is 6.01. The minimum absolute atomic E-state index is 0.144. The van der Waals surface area contributed by atoms with Crippen molar-refractivity contribution in [3.05, 3.63) is 71.6 Å². The van der Waals surface area contributed by atoms with E-state index in [9.17, 15) is 18.0 Å². The molecule has 0 unspecified atom stereocenters. The molecule has 0 radical (unpaired) electrons. The van der Waals surface area contributed by atoms with Gasteiger partial charge >= 0.3 is 0 Å². The maximum atomic E-state index is 13.3. The molecular weight excluding hydrogens is 267 g/mol. The maximum absolute atomic E-state index is 13.3. The van der Waals surface area contributed by atoms with Crippen LogP contribution in [0, 0.1) is 17.5 Å². The van der Waals surface area contributed by atoms with E-state index in [0.29, 0.717) is 6.07 Å². The van der Waals surface area contributed by atoms with Gasteiger partial charge in [0.15, 0.2) is 0 Å². The lowest BCUT2D eigenvalue weighted by atomic mass is 10.2. The summed E-state index contributed by atoms with van der Waals surface area (Å²) in [5.74, 6) is -2.72. The van der Waals surface area contributed by atoms with E-state index in [1.54, 1.807) is 6.07 Å². The predicted octanol–water partition coefficient (Wildman–Crippen LogP) is 3.76. The number of anilines is 1. The summed E-state index contributed by atoms with van der Waals surface area (Å²) in [7, 11) is 0. The monoisotopic (exact) mass is 277 g/mol. The smallest absolute Gasteiger partial charge is 0.248 e.